The minimum atomic E-state index is -0.428. The second kappa shape index (κ2) is 6.75. The number of esters is 1. The fourth-order valence-electron chi connectivity index (χ4n) is 8.49. The van der Waals surface area contributed by atoms with E-state index in [1.54, 1.807) is 6.92 Å². The van der Waals surface area contributed by atoms with E-state index in [1.807, 2.05) is 0 Å². The summed E-state index contributed by atoms with van der Waals surface area (Å²) in [5.74, 6) is 2.89. The van der Waals surface area contributed by atoms with E-state index in [2.05, 4.69) is 20.8 Å². The number of aliphatic hydroxyl groups is 1. The van der Waals surface area contributed by atoms with Gasteiger partial charge in [-0.05, 0) is 98.7 Å². The van der Waals surface area contributed by atoms with Gasteiger partial charge in [0.1, 0.15) is 6.10 Å². The first-order valence-electron chi connectivity index (χ1n) is 11.6. The predicted molar refractivity (Wildman–Crippen MR) is 107 cm³/mol. The first-order chi connectivity index (χ1) is 12.7. The van der Waals surface area contributed by atoms with Gasteiger partial charge in [0.25, 0.3) is 0 Å². The zero-order valence-electron chi connectivity index (χ0n) is 17.9. The van der Waals surface area contributed by atoms with Gasteiger partial charge in [-0.15, -0.1) is 0 Å². The molecule has 0 aromatic rings. The fourth-order valence-corrected chi connectivity index (χ4v) is 8.49. The van der Waals surface area contributed by atoms with Gasteiger partial charge in [0.05, 0.1) is 5.60 Å². The van der Waals surface area contributed by atoms with Crippen LogP contribution >= 0.6 is 0 Å². The molecule has 3 nitrogen and oxygen atoms in total. The molecule has 0 aromatic carbocycles. The number of fused-ring (bicyclic) bond motifs is 5. The first-order valence-corrected chi connectivity index (χ1v) is 11.6. The summed E-state index contributed by atoms with van der Waals surface area (Å²) in [6, 6.07) is 0. The van der Waals surface area contributed by atoms with Crippen LogP contribution in [0.1, 0.15) is 98.3 Å². The third-order valence-electron chi connectivity index (χ3n) is 9.94. The summed E-state index contributed by atoms with van der Waals surface area (Å²) in [5.41, 5.74) is 0.108. The molecule has 0 aliphatic heterocycles. The maximum atomic E-state index is 11.5. The minimum Gasteiger partial charge on any atom is -0.463 e. The SMILES string of the molecule is CCC[C@]1(O)CC[C@@H]2[C@H]3CC[C@H]4C[C@@H](OC(C)=O)CC[C@]4(C)[C@@H]3CC[C@@]21C. The molecule has 0 bridgehead atoms. The molecule has 4 aliphatic rings. The van der Waals surface area contributed by atoms with Crippen LogP contribution in [-0.2, 0) is 9.53 Å². The lowest BCUT2D eigenvalue weighted by Crippen LogP contribution is -2.56. The molecule has 1 N–H and O–H groups in total. The Morgan fingerprint density at radius 1 is 1.04 bits per heavy atom. The smallest absolute Gasteiger partial charge is 0.302 e. The quantitative estimate of drug-likeness (QED) is 0.662. The fraction of sp³-hybridized carbons (Fsp3) is 0.958. The van der Waals surface area contributed by atoms with Crippen LogP contribution in [0.3, 0.4) is 0 Å². The van der Waals surface area contributed by atoms with Crippen molar-refractivity contribution in [2.45, 2.75) is 110 Å². The van der Waals surface area contributed by atoms with Crippen LogP contribution in [0.4, 0.5) is 0 Å². The summed E-state index contributed by atoms with van der Waals surface area (Å²) < 4.78 is 5.59. The standard InChI is InChI=1S/C24H40O3/c1-5-11-24(26)14-10-21-19-7-6-17-15-18(27-16(2)25)8-12-22(17,3)20(19)9-13-23(21,24)4/h17-21,26H,5-15H2,1-4H3/t17-,18-,19-,20+,21+,22-,23-,24-/m0/s1. The number of ether oxygens (including phenoxy) is 1. The summed E-state index contributed by atoms with van der Waals surface area (Å²) in [7, 11) is 0. The first kappa shape index (κ1) is 19.7. The molecule has 27 heavy (non-hydrogen) atoms. The maximum Gasteiger partial charge on any atom is 0.302 e. The third kappa shape index (κ3) is 2.90. The Hall–Kier alpha value is -0.570. The summed E-state index contributed by atoms with van der Waals surface area (Å²) in [6.07, 6.45) is 12.9. The molecular formula is C24H40O3. The highest BCUT2D eigenvalue weighted by Gasteiger charge is 2.64. The van der Waals surface area contributed by atoms with Crippen molar-refractivity contribution in [3.63, 3.8) is 0 Å². The summed E-state index contributed by atoms with van der Waals surface area (Å²) in [6.45, 7) is 8.73. The Labute approximate surface area is 165 Å². The van der Waals surface area contributed by atoms with Crippen LogP contribution in [0.25, 0.3) is 0 Å². The Morgan fingerprint density at radius 3 is 2.48 bits per heavy atom. The second-order valence-electron chi connectivity index (χ2n) is 10.9. The van der Waals surface area contributed by atoms with E-state index in [0.717, 1.165) is 43.9 Å². The average molecular weight is 377 g/mol. The molecule has 0 heterocycles. The maximum absolute atomic E-state index is 11.5. The lowest BCUT2D eigenvalue weighted by atomic mass is 9.44. The van der Waals surface area contributed by atoms with Gasteiger partial charge in [-0.3, -0.25) is 4.79 Å². The van der Waals surface area contributed by atoms with E-state index in [1.165, 1.54) is 38.5 Å². The highest BCUT2D eigenvalue weighted by molar-refractivity contribution is 5.66. The van der Waals surface area contributed by atoms with Crippen molar-refractivity contribution < 1.29 is 14.6 Å². The number of carbonyl (C=O) groups is 1. The topological polar surface area (TPSA) is 46.5 Å². The third-order valence-corrected chi connectivity index (χ3v) is 9.94. The van der Waals surface area contributed by atoms with Gasteiger partial charge in [0.15, 0.2) is 0 Å². The minimum absolute atomic E-state index is 0.119. The van der Waals surface area contributed by atoms with Gasteiger partial charge in [0.2, 0.25) is 0 Å². The molecule has 0 spiro atoms. The number of carbonyl (C=O) groups excluding carboxylic acids is 1. The van der Waals surface area contributed by atoms with Crippen molar-refractivity contribution in [3.05, 3.63) is 0 Å². The molecule has 0 unspecified atom stereocenters. The lowest BCUT2D eigenvalue weighted by Gasteiger charge is -2.61. The molecule has 3 heteroatoms. The molecule has 0 aromatic heterocycles. The molecule has 154 valence electrons. The zero-order valence-corrected chi connectivity index (χ0v) is 17.9. The number of rotatable bonds is 3. The Morgan fingerprint density at radius 2 is 1.78 bits per heavy atom. The van der Waals surface area contributed by atoms with Crippen LogP contribution in [0.2, 0.25) is 0 Å². The van der Waals surface area contributed by atoms with Gasteiger partial charge >= 0.3 is 5.97 Å². The summed E-state index contributed by atoms with van der Waals surface area (Å²) in [4.78, 5) is 11.4. The van der Waals surface area contributed by atoms with Crippen molar-refractivity contribution in [1.82, 2.24) is 0 Å². The predicted octanol–water partition coefficient (Wildman–Crippen LogP) is 5.49. The average Bonchev–Trinajstić information content (AvgIpc) is 2.86. The monoisotopic (exact) mass is 376 g/mol. The van der Waals surface area contributed by atoms with Crippen molar-refractivity contribution in [3.8, 4) is 0 Å². The van der Waals surface area contributed by atoms with Crippen LogP contribution in [0.15, 0.2) is 0 Å². The van der Waals surface area contributed by atoms with Gasteiger partial charge in [-0.25, -0.2) is 0 Å². The molecule has 4 rings (SSSR count). The van der Waals surface area contributed by atoms with Gasteiger partial charge in [-0.2, -0.15) is 0 Å². The molecule has 0 saturated heterocycles. The van der Waals surface area contributed by atoms with Crippen LogP contribution in [0.5, 0.6) is 0 Å². The van der Waals surface area contributed by atoms with Gasteiger partial charge < -0.3 is 9.84 Å². The van der Waals surface area contributed by atoms with Crippen molar-refractivity contribution in [2.24, 2.45) is 34.5 Å². The van der Waals surface area contributed by atoms with Crippen molar-refractivity contribution in [2.75, 3.05) is 0 Å². The summed E-state index contributed by atoms with van der Waals surface area (Å²) in [5, 5.41) is 11.5. The van der Waals surface area contributed by atoms with Gasteiger partial charge in [-0.1, -0.05) is 27.2 Å². The zero-order chi connectivity index (χ0) is 19.4. The Kier molecular flexibility index (Phi) is 4.93. The summed E-state index contributed by atoms with van der Waals surface area (Å²) >= 11 is 0. The number of hydrogen-bond acceptors (Lipinski definition) is 3. The molecule has 0 radical (unpaired) electrons. The molecule has 4 fully saturated rings. The van der Waals surface area contributed by atoms with E-state index >= 15 is 0 Å². The molecule has 4 aliphatic carbocycles. The Balaban J connectivity index is 1.54. The Bertz CT molecular complexity index is 588. The molecule has 4 saturated carbocycles. The van der Waals surface area contributed by atoms with Crippen LogP contribution < -0.4 is 0 Å². The van der Waals surface area contributed by atoms with E-state index < -0.39 is 5.60 Å². The molecular weight excluding hydrogens is 336 g/mol. The largest absolute Gasteiger partial charge is 0.463 e. The van der Waals surface area contributed by atoms with E-state index in [4.69, 9.17) is 4.74 Å². The number of hydrogen-bond donors (Lipinski definition) is 1. The molecule has 8 atom stereocenters. The lowest BCUT2D eigenvalue weighted by molar-refractivity contribution is -0.170. The normalized spacial score (nSPS) is 51.8. The van der Waals surface area contributed by atoms with Crippen molar-refractivity contribution >= 4 is 5.97 Å². The highest BCUT2D eigenvalue weighted by atomic mass is 16.5. The van der Waals surface area contributed by atoms with E-state index in [-0.39, 0.29) is 17.5 Å². The highest BCUT2D eigenvalue weighted by Crippen LogP contribution is 2.68. The second-order valence-corrected chi connectivity index (χ2v) is 10.9. The van der Waals surface area contributed by atoms with Crippen LogP contribution in [-0.4, -0.2) is 22.8 Å². The molecule has 0 amide bonds. The van der Waals surface area contributed by atoms with Crippen LogP contribution in [0, 0.1) is 34.5 Å². The van der Waals surface area contributed by atoms with E-state index in [9.17, 15) is 9.90 Å². The van der Waals surface area contributed by atoms with E-state index in [0.29, 0.717) is 17.3 Å². The van der Waals surface area contributed by atoms with Crippen molar-refractivity contribution in [1.29, 1.82) is 0 Å². The van der Waals surface area contributed by atoms with Gasteiger partial charge in [0, 0.05) is 6.92 Å².